The normalized spacial score (nSPS) is 20.1. The Morgan fingerprint density at radius 3 is 2.48 bits per heavy atom. The number of rotatable bonds is 4. The number of carbonyl (C=O) groups is 1. The van der Waals surface area contributed by atoms with Crippen molar-refractivity contribution in [3.63, 3.8) is 0 Å². The van der Waals surface area contributed by atoms with Crippen LogP contribution in [0, 0.1) is 0 Å². The number of benzene rings is 2. The monoisotopic (exact) mass is 432 g/mol. The number of methoxy groups -OCH3 is 2. The average Bonchev–Trinajstić information content (AvgIpc) is 3.27. The van der Waals surface area contributed by atoms with E-state index in [1.54, 1.807) is 25.6 Å². The fraction of sp³-hybridized carbons (Fsp3) is 0.240. The molecule has 31 heavy (non-hydrogen) atoms. The van der Waals surface area contributed by atoms with Crippen LogP contribution in [0.4, 0.5) is 11.4 Å². The van der Waals surface area contributed by atoms with Crippen molar-refractivity contribution in [2.75, 3.05) is 24.9 Å². The number of thiophene rings is 1. The van der Waals surface area contributed by atoms with Crippen LogP contribution in [0.1, 0.15) is 35.9 Å². The van der Waals surface area contributed by atoms with Crippen molar-refractivity contribution in [1.82, 2.24) is 0 Å². The molecular formula is C25H24N2O3S. The molecule has 0 unspecified atom stereocenters. The smallest absolute Gasteiger partial charge is 0.163 e. The highest BCUT2D eigenvalue weighted by Crippen LogP contribution is 2.45. The van der Waals surface area contributed by atoms with Crippen LogP contribution in [-0.4, -0.2) is 20.0 Å². The van der Waals surface area contributed by atoms with Gasteiger partial charge in [-0.3, -0.25) is 4.79 Å². The molecule has 0 fully saturated rings. The Morgan fingerprint density at radius 2 is 1.74 bits per heavy atom. The Kier molecular flexibility index (Phi) is 5.16. The van der Waals surface area contributed by atoms with E-state index < -0.39 is 0 Å². The lowest BCUT2D eigenvalue weighted by Gasteiger charge is -2.29. The molecule has 2 heterocycles. The van der Waals surface area contributed by atoms with Gasteiger partial charge in [-0.15, -0.1) is 0 Å². The molecule has 1 aliphatic heterocycles. The molecule has 3 aromatic rings. The highest BCUT2D eigenvalue weighted by molar-refractivity contribution is 7.08. The quantitative estimate of drug-likeness (QED) is 0.550. The number of ketones is 1. The number of fused-ring (bicyclic) bond motifs is 1. The molecule has 5 rings (SSSR count). The highest BCUT2D eigenvalue weighted by atomic mass is 32.1. The van der Waals surface area contributed by atoms with Crippen LogP contribution in [0.5, 0.6) is 11.5 Å². The third-order valence-electron chi connectivity index (χ3n) is 6.06. The summed E-state index contributed by atoms with van der Waals surface area (Å²) in [5.74, 6) is 1.62. The van der Waals surface area contributed by atoms with E-state index in [1.807, 2.05) is 36.4 Å². The van der Waals surface area contributed by atoms with Crippen LogP contribution in [0.25, 0.3) is 0 Å². The van der Waals surface area contributed by atoms with Gasteiger partial charge in [0.15, 0.2) is 17.3 Å². The average molecular weight is 433 g/mol. The SMILES string of the molecule is COc1ccc([C@H]2CC(=O)C3=C(C2)Nc2ccccc2N[C@H]3c2ccsc2)cc1OC. The Labute approximate surface area is 185 Å². The zero-order chi connectivity index (χ0) is 21.4. The molecule has 0 spiro atoms. The summed E-state index contributed by atoms with van der Waals surface area (Å²) in [7, 11) is 3.26. The summed E-state index contributed by atoms with van der Waals surface area (Å²) in [5, 5.41) is 11.4. The molecule has 0 radical (unpaired) electrons. The lowest BCUT2D eigenvalue weighted by molar-refractivity contribution is -0.116. The number of allylic oxidation sites excluding steroid dienone is 1. The van der Waals surface area contributed by atoms with Crippen molar-refractivity contribution >= 4 is 28.5 Å². The van der Waals surface area contributed by atoms with Gasteiger partial charge >= 0.3 is 0 Å². The molecular weight excluding hydrogens is 408 g/mol. The van der Waals surface area contributed by atoms with E-state index in [0.29, 0.717) is 17.9 Å². The van der Waals surface area contributed by atoms with Crippen molar-refractivity contribution in [3.05, 3.63) is 81.7 Å². The van der Waals surface area contributed by atoms with Gasteiger partial charge in [0.1, 0.15) is 0 Å². The van der Waals surface area contributed by atoms with Gasteiger partial charge in [-0.1, -0.05) is 18.2 Å². The molecule has 1 aliphatic carbocycles. The van der Waals surface area contributed by atoms with Crippen molar-refractivity contribution in [3.8, 4) is 11.5 Å². The van der Waals surface area contributed by atoms with Crippen molar-refractivity contribution < 1.29 is 14.3 Å². The number of Topliss-reactive ketones (excluding diaryl/α,β-unsaturated/α-hetero) is 1. The molecule has 2 aliphatic rings. The fourth-order valence-electron chi connectivity index (χ4n) is 4.52. The first-order chi connectivity index (χ1) is 15.2. The highest BCUT2D eigenvalue weighted by Gasteiger charge is 2.36. The lowest BCUT2D eigenvalue weighted by Crippen LogP contribution is -2.26. The minimum atomic E-state index is -0.156. The van der Waals surface area contributed by atoms with E-state index >= 15 is 0 Å². The van der Waals surface area contributed by atoms with Crippen molar-refractivity contribution in [1.29, 1.82) is 0 Å². The Balaban J connectivity index is 1.56. The van der Waals surface area contributed by atoms with Crippen LogP contribution in [0.3, 0.4) is 0 Å². The Bertz CT molecular complexity index is 1150. The number of hydrogen-bond donors (Lipinski definition) is 2. The van der Waals surface area contributed by atoms with Gasteiger partial charge in [0, 0.05) is 17.7 Å². The zero-order valence-electron chi connectivity index (χ0n) is 17.5. The fourth-order valence-corrected chi connectivity index (χ4v) is 5.21. The predicted octanol–water partition coefficient (Wildman–Crippen LogP) is 5.74. The molecule has 6 heteroatoms. The van der Waals surface area contributed by atoms with E-state index in [9.17, 15) is 4.79 Å². The molecule has 2 aromatic carbocycles. The second-order valence-electron chi connectivity index (χ2n) is 7.84. The van der Waals surface area contributed by atoms with Crippen molar-refractivity contribution in [2.24, 2.45) is 0 Å². The summed E-state index contributed by atoms with van der Waals surface area (Å²) in [6, 6.07) is 16.0. The maximum absolute atomic E-state index is 13.5. The van der Waals surface area contributed by atoms with Gasteiger partial charge in [-0.25, -0.2) is 0 Å². The van der Waals surface area contributed by atoms with Gasteiger partial charge < -0.3 is 20.1 Å². The van der Waals surface area contributed by atoms with E-state index in [-0.39, 0.29) is 17.7 Å². The van der Waals surface area contributed by atoms with Crippen LogP contribution >= 0.6 is 11.3 Å². The largest absolute Gasteiger partial charge is 0.493 e. The summed E-state index contributed by atoms with van der Waals surface area (Å²) < 4.78 is 10.9. The minimum Gasteiger partial charge on any atom is -0.493 e. The van der Waals surface area contributed by atoms with E-state index in [4.69, 9.17) is 9.47 Å². The van der Waals surface area contributed by atoms with Gasteiger partial charge in [0.25, 0.3) is 0 Å². The molecule has 1 aromatic heterocycles. The molecule has 0 saturated heterocycles. The molecule has 158 valence electrons. The van der Waals surface area contributed by atoms with Gasteiger partial charge in [0.05, 0.1) is 31.6 Å². The maximum atomic E-state index is 13.5. The molecule has 0 amide bonds. The van der Waals surface area contributed by atoms with Gasteiger partial charge in [-0.05, 0) is 64.6 Å². The number of para-hydroxylation sites is 2. The van der Waals surface area contributed by atoms with Gasteiger partial charge in [-0.2, -0.15) is 11.3 Å². The third kappa shape index (κ3) is 3.57. The first-order valence-electron chi connectivity index (χ1n) is 10.3. The summed E-state index contributed by atoms with van der Waals surface area (Å²) in [5.41, 5.74) is 6.03. The predicted molar refractivity (Wildman–Crippen MR) is 124 cm³/mol. The molecule has 2 N–H and O–H groups in total. The number of carbonyl (C=O) groups excluding carboxylic acids is 1. The van der Waals surface area contributed by atoms with Crippen LogP contribution in [0.15, 0.2) is 70.6 Å². The number of nitrogens with one attached hydrogen (secondary N) is 2. The van der Waals surface area contributed by atoms with E-state index in [0.717, 1.165) is 40.2 Å². The van der Waals surface area contributed by atoms with Gasteiger partial charge in [0.2, 0.25) is 0 Å². The van der Waals surface area contributed by atoms with Crippen LogP contribution in [0.2, 0.25) is 0 Å². The third-order valence-corrected chi connectivity index (χ3v) is 6.77. The van der Waals surface area contributed by atoms with E-state index in [1.165, 1.54) is 0 Å². The number of anilines is 2. The Morgan fingerprint density at radius 1 is 0.935 bits per heavy atom. The van der Waals surface area contributed by atoms with E-state index in [2.05, 4.69) is 33.5 Å². The molecule has 5 nitrogen and oxygen atoms in total. The topological polar surface area (TPSA) is 59.6 Å². The molecule has 0 saturated carbocycles. The Hall–Kier alpha value is -3.25. The standard InChI is InChI=1S/C25H24N2O3S/c1-29-22-8-7-15(13-23(22)30-2)17-11-20-24(21(28)12-17)25(16-9-10-31-14-16)27-19-6-4-3-5-18(19)26-20/h3-10,13-14,17,25-27H,11-12H2,1-2H3/t17-,25+/m1/s1. The zero-order valence-corrected chi connectivity index (χ0v) is 18.3. The first kappa shape index (κ1) is 19.7. The van der Waals surface area contributed by atoms with Crippen LogP contribution in [-0.2, 0) is 4.79 Å². The molecule has 0 bridgehead atoms. The second kappa shape index (κ2) is 8.12. The number of hydrogen-bond acceptors (Lipinski definition) is 6. The van der Waals surface area contributed by atoms with Crippen molar-refractivity contribution in [2.45, 2.75) is 24.8 Å². The minimum absolute atomic E-state index is 0.0759. The summed E-state index contributed by atoms with van der Waals surface area (Å²) in [6.07, 6.45) is 1.22. The maximum Gasteiger partial charge on any atom is 0.163 e. The first-order valence-corrected chi connectivity index (χ1v) is 11.2. The lowest BCUT2D eigenvalue weighted by atomic mass is 9.79. The van der Waals surface area contributed by atoms with Crippen LogP contribution < -0.4 is 20.1 Å². The summed E-state index contributed by atoms with van der Waals surface area (Å²) in [6.45, 7) is 0. The summed E-state index contributed by atoms with van der Waals surface area (Å²) >= 11 is 1.65. The molecule has 2 atom stereocenters. The number of ether oxygens (including phenoxy) is 2. The second-order valence-corrected chi connectivity index (χ2v) is 8.62. The summed E-state index contributed by atoms with van der Waals surface area (Å²) in [4.78, 5) is 13.5.